The number of furan rings is 2. The first-order valence-electron chi connectivity index (χ1n) is 37.0. The summed E-state index contributed by atoms with van der Waals surface area (Å²) < 4.78 is 15.4. The lowest BCUT2D eigenvalue weighted by Crippen LogP contribution is -2.33. The molecule has 5 heteroatoms. The molecule has 0 bridgehead atoms. The molecular weight excluding hydrogens is 1310 g/mol. The third-order valence-electron chi connectivity index (χ3n) is 22.3. The molecule has 1 aliphatic carbocycles. The number of nitrogens with zero attached hydrogens (tertiary/aromatic N) is 2. The van der Waals surface area contributed by atoms with Crippen LogP contribution in [0.1, 0.15) is 22.3 Å². The maximum absolute atomic E-state index is 6.55. The van der Waals surface area contributed by atoms with Crippen LogP contribution in [0, 0.1) is 0 Å². The number of fused-ring (bicyclic) bond motifs is 18. The van der Waals surface area contributed by atoms with Crippen LogP contribution in [-0.4, -0.2) is 4.57 Å². The molecule has 5 nitrogen and oxygen atoms in total. The van der Waals surface area contributed by atoms with Gasteiger partial charge in [-0.3, -0.25) is 0 Å². The van der Waals surface area contributed by atoms with Crippen molar-refractivity contribution < 1.29 is 8.83 Å². The molecule has 17 aromatic carbocycles. The zero-order chi connectivity index (χ0) is 71.2. The highest BCUT2D eigenvalue weighted by atomic mass is 16.3. The largest absolute Gasteiger partial charge is 0.455 e. The van der Waals surface area contributed by atoms with E-state index < -0.39 is 5.41 Å². The number of rotatable bonds is 11. The third kappa shape index (κ3) is 10.1. The summed E-state index contributed by atoms with van der Waals surface area (Å²) >= 11 is 0. The lowest BCUT2D eigenvalue weighted by atomic mass is 9.65. The number of aromatic nitrogens is 1. The van der Waals surface area contributed by atoms with Crippen LogP contribution in [0.5, 0.6) is 0 Å². The summed E-state index contributed by atoms with van der Waals surface area (Å²) in [5.74, 6) is 0. The van der Waals surface area contributed by atoms with Crippen LogP contribution in [0.3, 0.4) is 0 Å². The molecule has 0 unspecified atom stereocenters. The summed E-state index contributed by atoms with van der Waals surface area (Å²) in [7, 11) is 0. The molecule has 0 fully saturated rings. The highest BCUT2D eigenvalue weighted by Gasteiger charge is 2.51. The Labute approximate surface area is 625 Å². The Morgan fingerprint density at radius 3 is 1.28 bits per heavy atom. The van der Waals surface area contributed by atoms with E-state index in [9.17, 15) is 0 Å². The monoisotopic (exact) mass is 1380 g/mol. The number of hydrogen-bond acceptors (Lipinski definition) is 4. The van der Waals surface area contributed by atoms with Crippen molar-refractivity contribution in [2.75, 3.05) is 10.2 Å². The van der Waals surface area contributed by atoms with E-state index in [1.807, 2.05) is 24.3 Å². The van der Waals surface area contributed by atoms with Crippen molar-refractivity contribution in [3.8, 4) is 83.6 Å². The van der Waals surface area contributed by atoms with Gasteiger partial charge in [0.15, 0.2) is 0 Å². The summed E-state index contributed by atoms with van der Waals surface area (Å²) in [4.78, 5) is 2.46. The normalized spacial score (nSPS) is 12.3. The SMILES string of the molecule is c1ccc(-c2ccc(-c3ccccc3N(c3ccc(-c4cccc5c4oc4ccccc45)cc3)c3ccc4c(c3)-n3c5ccccc5c5cccc(c53)C43c4ccccc4-c4ccccc43)cc2)cc1.c1ccc(-c2ccc(-c3ccccc3Nc3ccc(-c4cccc5c4oc4ccccc45)cc3)cc2)cc1. The predicted molar refractivity (Wildman–Crippen MR) is 450 cm³/mol. The Kier molecular flexibility index (Phi) is 14.8. The second-order valence-corrected chi connectivity index (χ2v) is 28.2. The Balaban J connectivity index is 0.000000165. The molecule has 0 saturated heterocycles. The van der Waals surface area contributed by atoms with E-state index >= 15 is 0 Å². The molecule has 0 saturated carbocycles. The number of anilines is 5. The van der Waals surface area contributed by atoms with Gasteiger partial charge in [0.25, 0.3) is 0 Å². The van der Waals surface area contributed by atoms with Crippen molar-refractivity contribution >= 4 is 94.1 Å². The van der Waals surface area contributed by atoms with Crippen LogP contribution >= 0.6 is 0 Å². The molecule has 1 spiro atoms. The molecular formula is C103H67N3O2. The Morgan fingerprint density at radius 1 is 0.259 bits per heavy atom. The van der Waals surface area contributed by atoms with Gasteiger partial charge in [0.1, 0.15) is 22.3 Å². The molecule has 506 valence electrons. The van der Waals surface area contributed by atoms with Crippen molar-refractivity contribution in [1.82, 2.24) is 4.57 Å². The number of hydrogen-bond donors (Lipinski definition) is 1. The molecule has 22 rings (SSSR count). The van der Waals surface area contributed by atoms with Gasteiger partial charge in [-0.25, -0.2) is 0 Å². The van der Waals surface area contributed by atoms with Gasteiger partial charge >= 0.3 is 0 Å². The second kappa shape index (κ2) is 25.6. The number of para-hydroxylation sites is 8. The average molecular weight is 1380 g/mol. The van der Waals surface area contributed by atoms with Gasteiger partial charge < -0.3 is 23.6 Å². The van der Waals surface area contributed by atoms with Crippen LogP contribution in [0.2, 0.25) is 0 Å². The molecule has 2 aliphatic rings. The summed E-state index contributed by atoms with van der Waals surface area (Å²) in [5, 5.41) is 10.7. The fraction of sp³-hybridized carbons (Fsp3) is 0.00971. The van der Waals surface area contributed by atoms with Crippen molar-refractivity contribution in [3.63, 3.8) is 0 Å². The van der Waals surface area contributed by atoms with Gasteiger partial charge in [-0.1, -0.05) is 334 Å². The smallest absolute Gasteiger partial charge is 0.143 e. The van der Waals surface area contributed by atoms with Crippen molar-refractivity contribution in [2.24, 2.45) is 0 Å². The van der Waals surface area contributed by atoms with E-state index in [0.29, 0.717) is 0 Å². The van der Waals surface area contributed by atoms with Crippen molar-refractivity contribution in [3.05, 3.63) is 423 Å². The van der Waals surface area contributed by atoms with Gasteiger partial charge in [-0.05, 0) is 145 Å². The van der Waals surface area contributed by atoms with E-state index in [1.165, 1.54) is 94.3 Å². The summed E-state index contributed by atoms with van der Waals surface area (Å²) in [6.07, 6.45) is 0. The van der Waals surface area contributed by atoms with Crippen LogP contribution in [0.25, 0.3) is 149 Å². The lowest BCUT2D eigenvalue weighted by molar-refractivity contribution is 0.669. The molecule has 0 radical (unpaired) electrons. The van der Waals surface area contributed by atoms with Crippen molar-refractivity contribution in [2.45, 2.75) is 5.41 Å². The molecule has 0 atom stereocenters. The minimum Gasteiger partial charge on any atom is -0.455 e. The molecule has 1 N–H and O–H groups in total. The Morgan fingerprint density at radius 2 is 0.667 bits per heavy atom. The second-order valence-electron chi connectivity index (χ2n) is 28.2. The molecule has 0 amide bonds. The zero-order valence-corrected chi connectivity index (χ0v) is 58.8. The maximum Gasteiger partial charge on any atom is 0.143 e. The zero-order valence-electron chi connectivity index (χ0n) is 58.8. The topological polar surface area (TPSA) is 46.5 Å². The Bertz CT molecular complexity index is 6820. The van der Waals surface area contributed by atoms with E-state index in [0.717, 1.165) is 106 Å². The standard InChI is InChI=1S/C67H42N2O.C36H25NO/c1-2-16-43(17-3-1)44-32-34-45(35-33-44)49-18-6-11-29-61(49)68(47-38-36-46(37-39-47)50-23-14-25-56-54-22-8-13-31-64(54)70-66(50)56)48-40-41-59-63(42-48)69-62-30-12-7-21-53(62)55-24-15-28-60(65(55)69)67(59)57-26-9-4-19-51(57)52-20-5-10-27-58(52)67;1-2-9-25(10-3-1)26-17-19-27(20-18-26)30-11-4-6-15-34(30)37-29-23-21-28(22-24-29)31-13-8-14-33-32-12-5-7-16-35(32)38-36(31)33/h1-42H;1-24,37H. The van der Waals surface area contributed by atoms with Gasteiger partial charge in [-0.2, -0.15) is 0 Å². The minimum atomic E-state index is -0.534. The van der Waals surface area contributed by atoms with Crippen LogP contribution in [0.15, 0.2) is 409 Å². The average Bonchev–Trinajstić information content (AvgIpc) is 1.48. The first kappa shape index (κ1) is 62.3. The number of benzene rings is 17. The molecule has 3 aromatic heterocycles. The molecule has 108 heavy (non-hydrogen) atoms. The fourth-order valence-electron chi connectivity index (χ4n) is 17.5. The van der Waals surface area contributed by atoms with Crippen LogP contribution < -0.4 is 10.2 Å². The quantitative estimate of drug-likeness (QED) is 0.140. The summed E-state index contributed by atoms with van der Waals surface area (Å²) in [5.41, 5.74) is 33.8. The predicted octanol–water partition coefficient (Wildman–Crippen LogP) is 28.2. The van der Waals surface area contributed by atoms with E-state index in [1.54, 1.807) is 0 Å². The first-order valence-corrected chi connectivity index (χ1v) is 37.0. The fourth-order valence-corrected chi connectivity index (χ4v) is 17.5. The van der Waals surface area contributed by atoms with E-state index in [4.69, 9.17) is 8.83 Å². The maximum atomic E-state index is 6.55. The third-order valence-corrected chi connectivity index (χ3v) is 22.3. The summed E-state index contributed by atoms with van der Waals surface area (Å²) in [6, 6.07) is 144. The molecule has 4 heterocycles. The van der Waals surface area contributed by atoms with Crippen LogP contribution in [0.4, 0.5) is 28.4 Å². The highest BCUT2D eigenvalue weighted by molar-refractivity contribution is 6.14. The number of nitrogens with one attached hydrogen (secondary N) is 1. The first-order chi connectivity index (χ1) is 53.6. The van der Waals surface area contributed by atoms with E-state index in [-0.39, 0.29) is 0 Å². The minimum absolute atomic E-state index is 0.534. The van der Waals surface area contributed by atoms with Gasteiger partial charge in [0, 0.05) is 77.3 Å². The van der Waals surface area contributed by atoms with Gasteiger partial charge in [0.05, 0.1) is 27.8 Å². The van der Waals surface area contributed by atoms with Gasteiger partial charge in [-0.15, -0.1) is 0 Å². The molecule has 1 aliphatic heterocycles. The Hall–Kier alpha value is -14.3. The van der Waals surface area contributed by atoms with Crippen LogP contribution in [-0.2, 0) is 5.41 Å². The lowest BCUT2D eigenvalue weighted by Gasteiger charge is -2.40. The van der Waals surface area contributed by atoms with Gasteiger partial charge in [0.2, 0.25) is 0 Å². The highest BCUT2D eigenvalue weighted by Crippen LogP contribution is 2.62. The molecule has 20 aromatic rings. The summed E-state index contributed by atoms with van der Waals surface area (Å²) in [6.45, 7) is 0. The van der Waals surface area contributed by atoms with Crippen molar-refractivity contribution in [1.29, 1.82) is 0 Å². The van der Waals surface area contributed by atoms with E-state index in [2.05, 4.69) is 391 Å².